The molecule has 1 saturated carbocycles. The molecule has 36 heavy (non-hydrogen) atoms. The molecule has 6 heteroatoms. The topological polar surface area (TPSA) is 82.0 Å². The summed E-state index contributed by atoms with van der Waals surface area (Å²) in [4.78, 5) is 14.1. The number of carboxylic acid groups (broad SMARTS) is 1. The van der Waals surface area contributed by atoms with Gasteiger partial charge in [0.1, 0.15) is 0 Å². The zero-order valence-corrected chi connectivity index (χ0v) is 20.7. The second-order valence-corrected chi connectivity index (χ2v) is 10.2. The first-order valence-corrected chi connectivity index (χ1v) is 12.7. The number of methoxy groups -OCH3 is 1. The van der Waals surface area contributed by atoms with E-state index in [-0.39, 0.29) is 5.75 Å². The van der Waals surface area contributed by atoms with E-state index >= 15 is 0 Å². The first-order valence-electron chi connectivity index (χ1n) is 12.7. The van der Waals surface area contributed by atoms with Gasteiger partial charge in [-0.3, -0.25) is 10.2 Å². The molecule has 1 aliphatic heterocycles. The number of hydrogen-bond acceptors (Lipinski definition) is 4. The molecule has 3 aromatic rings. The van der Waals surface area contributed by atoms with Crippen LogP contribution in [0.3, 0.4) is 0 Å². The highest BCUT2D eigenvalue weighted by molar-refractivity contribution is 5.84. The Bertz CT molecular complexity index is 1200. The minimum Gasteiger partial charge on any atom is -0.504 e. The minimum atomic E-state index is -1.07. The molecular weight excluding hydrogens is 452 g/mol. The van der Waals surface area contributed by atoms with E-state index in [2.05, 4.69) is 46.6 Å². The van der Waals surface area contributed by atoms with Gasteiger partial charge in [0.25, 0.3) is 0 Å². The van der Waals surface area contributed by atoms with E-state index in [0.29, 0.717) is 35.6 Å². The van der Waals surface area contributed by atoms with Crippen LogP contribution in [-0.2, 0) is 19.4 Å². The highest BCUT2D eigenvalue weighted by atomic mass is 16.5. The molecule has 0 radical (unpaired) electrons. The number of ether oxygens (including phenoxy) is 1. The molecule has 2 unspecified atom stereocenters. The van der Waals surface area contributed by atoms with Crippen LogP contribution in [0.4, 0.5) is 10.5 Å². The highest BCUT2D eigenvalue weighted by Crippen LogP contribution is 2.45. The minimum absolute atomic E-state index is 0.0871. The first-order chi connectivity index (χ1) is 17.5. The van der Waals surface area contributed by atoms with Crippen LogP contribution in [0.15, 0.2) is 66.7 Å². The Morgan fingerprint density at radius 1 is 1.00 bits per heavy atom. The third-order valence-corrected chi connectivity index (χ3v) is 7.95. The zero-order chi connectivity index (χ0) is 25.1. The maximum Gasteiger partial charge on any atom is 0.409 e. The molecule has 2 aliphatic rings. The van der Waals surface area contributed by atoms with Crippen molar-refractivity contribution in [3.63, 3.8) is 0 Å². The average molecular weight is 487 g/mol. The first kappa shape index (κ1) is 24.2. The largest absolute Gasteiger partial charge is 0.504 e. The van der Waals surface area contributed by atoms with Crippen LogP contribution in [0.1, 0.15) is 35.1 Å². The number of phenolic OH excluding ortho intramolecular Hbond substituents is 1. The van der Waals surface area contributed by atoms with Crippen LogP contribution < -0.4 is 10.1 Å². The lowest BCUT2D eigenvalue weighted by Crippen LogP contribution is -2.42. The quantitative estimate of drug-likeness (QED) is 0.376. The smallest absolute Gasteiger partial charge is 0.409 e. The van der Waals surface area contributed by atoms with Gasteiger partial charge in [-0.25, -0.2) is 4.79 Å². The summed E-state index contributed by atoms with van der Waals surface area (Å²) in [5, 5.41) is 22.3. The maximum atomic E-state index is 11.5. The Morgan fingerprint density at radius 3 is 2.42 bits per heavy atom. The molecule has 2 atom stereocenters. The molecule has 1 heterocycles. The molecule has 3 aromatic carbocycles. The Hall–Kier alpha value is -3.51. The number of hydrogen-bond donors (Lipinski definition) is 3. The zero-order valence-electron chi connectivity index (χ0n) is 20.7. The Morgan fingerprint density at radius 2 is 1.75 bits per heavy atom. The van der Waals surface area contributed by atoms with E-state index < -0.39 is 6.09 Å². The predicted molar refractivity (Wildman–Crippen MR) is 141 cm³/mol. The van der Waals surface area contributed by atoms with Gasteiger partial charge in [0.2, 0.25) is 0 Å². The lowest BCUT2D eigenvalue weighted by Gasteiger charge is -2.38. The van der Waals surface area contributed by atoms with Gasteiger partial charge in [-0.05, 0) is 83.9 Å². The fourth-order valence-corrected chi connectivity index (χ4v) is 6.31. The van der Waals surface area contributed by atoms with Crippen LogP contribution in [0, 0.1) is 17.8 Å². The van der Waals surface area contributed by atoms with Gasteiger partial charge in [0, 0.05) is 25.3 Å². The number of benzene rings is 3. The predicted octanol–water partition coefficient (Wildman–Crippen LogP) is 5.78. The third-order valence-electron chi connectivity index (χ3n) is 7.95. The maximum absolute atomic E-state index is 11.5. The molecule has 1 saturated heterocycles. The lowest BCUT2D eigenvalue weighted by atomic mass is 9.79. The molecular formula is C30H34N2O4. The lowest BCUT2D eigenvalue weighted by molar-refractivity contribution is 0.103. The number of nitrogens with one attached hydrogen (secondary N) is 1. The van der Waals surface area contributed by atoms with E-state index in [0.717, 1.165) is 37.2 Å². The molecule has 5 rings (SSSR count). The Labute approximate surface area is 212 Å². The number of likely N-dealkylation sites (tertiary alicyclic amines) is 1. The van der Waals surface area contributed by atoms with E-state index in [4.69, 9.17) is 4.74 Å². The summed E-state index contributed by atoms with van der Waals surface area (Å²) >= 11 is 0. The van der Waals surface area contributed by atoms with Gasteiger partial charge in [-0.2, -0.15) is 0 Å². The van der Waals surface area contributed by atoms with Crippen molar-refractivity contribution in [2.24, 2.45) is 17.8 Å². The second kappa shape index (κ2) is 10.6. The summed E-state index contributed by atoms with van der Waals surface area (Å²) < 4.78 is 5.18. The summed E-state index contributed by atoms with van der Waals surface area (Å²) in [6.45, 7) is 3.24. The molecule has 188 valence electrons. The standard InChI is InChI=1S/C30H34N2O4/c1-36-29-13-10-21(15-28(29)33)14-26-22(8-5-9-27(26)31-30(34)35)16-25-23-11-12-24(25)19-32(18-23)17-20-6-3-2-4-7-20/h2-10,13,15,23-25,31,33H,11-12,14,16-19H2,1H3,(H,34,35). The van der Waals surface area contributed by atoms with Crippen molar-refractivity contribution in [3.05, 3.63) is 89.0 Å². The van der Waals surface area contributed by atoms with Crippen molar-refractivity contribution < 1.29 is 19.7 Å². The van der Waals surface area contributed by atoms with Gasteiger partial charge >= 0.3 is 6.09 Å². The number of nitrogens with zero attached hydrogens (tertiary/aromatic N) is 1. The molecule has 2 fully saturated rings. The van der Waals surface area contributed by atoms with Crippen molar-refractivity contribution in [1.82, 2.24) is 4.90 Å². The Balaban J connectivity index is 1.37. The van der Waals surface area contributed by atoms with Gasteiger partial charge in [-0.1, -0.05) is 48.5 Å². The number of carbonyl (C=O) groups is 1. The SMILES string of the molecule is COc1ccc(Cc2c(CC3C4CCC3CN(Cc3ccccc3)C4)cccc2NC(=O)O)cc1O. The van der Waals surface area contributed by atoms with Crippen molar-refractivity contribution in [3.8, 4) is 11.5 Å². The molecule has 1 aliphatic carbocycles. The second-order valence-electron chi connectivity index (χ2n) is 10.2. The summed E-state index contributed by atoms with van der Waals surface area (Å²) in [6, 6.07) is 22.0. The molecule has 3 N–H and O–H groups in total. The van der Waals surface area contributed by atoms with E-state index in [1.54, 1.807) is 12.1 Å². The number of anilines is 1. The number of rotatable bonds is 8. The molecule has 6 nitrogen and oxygen atoms in total. The number of phenols is 1. The average Bonchev–Trinajstić information content (AvgIpc) is 3.08. The normalized spacial score (nSPS) is 21.3. The van der Waals surface area contributed by atoms with Gasteiger partial charge in [-0.15, -0.1) is 0 Å². The monoisotopic (exact) mass is 486 g/mol. The van der Waals surface area contributed by atoms with Crippen molar-refractivity contribution >= 4 is 11.8 Å². The number of fused-ring (bicyclic) bond motifs is 2. The van der Waals surface area contributed by atoms with E-state index in [9.17, 15) is 15.0 Å². The van der Waals surface area contributed by atoms with E-state index in [1.165, 1.54) is 31.1 Å². The number of aromatic hydroxyl groups is 1. The van der Waals surface area contributed by atoms with Crippen LogP contribution in [0.5, 0.6) is 11.5 Å². The summed E-state index contributed by atoms with van der Waals surface area (Å²) in [7, 11) is 1.53. The van der Waals surface area contributed by atoms with Crippen LogP contribution in [-0.4, -0.2) is 41.4 Å². The third kappa shape index (κ3) is 5.34. The highest BCUT2D eigenvalue weighted by Gasteiger charge is 2.41. The van der Waals surface area contributed by atoms with E-state index in [1.807, 2.05) is 18.2 Å². The van der Waals surface area contributed by atoms with Crippen LogP contribution >= 0.6 is 0 Å². The summed E-state index contributed by atoms with van der Waals surface area (Å²) in [6.07, 6.45) is 2.93. The van der Waals surface area contributed by atoms with Crippen molar-refractivity contribution in [2.75, 3.05) is 25.5 Å². The van der Waals surface area contributed by atoms with Gasteiger partial charge in [0.15, 0.2) is 11.5 Å². The molecule has 2 bridgehead atoms. The molecule has 0 spiro atoms. The molecule has 0 aromatic heterocycles. The van der Waals surface area contributed by atoms with Gasteiger partial charge in [0.05, 0.1) is 7.11 Å². The van der Waals surface area contributed by atoms with Crippen LogP contribution in [0.2, 0.25) is 0 Å². The van der Waals surface area contributed by atoms with Crippen molar-refractivity contribution in [2.45, 2.75) is 32.2 Å². The molecule has 1 amide bonds. The van der Waals surface area contributed by atoms with Gasteiger partial charge < -0.3 is 14.9 Å². The summed E-state index contributed by atoms with van der Waals surface area (Å²) in [5.41, 5.74) is 5.07. The fraction of sp³-hybridized carbons (Fsp3) is 0.367. The fourth-order valence-electron chi connectivity index (χ4n) is 6.31. The summed E-state index contributed by atoms with van der Waals surface area (Å²) in [5.74, 6) is 2.42. The Kier molecular flexibility index (Phi) is 7.14. The number of piperidine rings is 1. The van der Waals surface area contributed by atoms with Crippen molar-refractivity contribution in [1.29, 1.82) is 0 Å². The van der Waals surface area contributed by atoms with Crippen LogP contribution in [0.25, 0.3) is 0 Å². The number of amides is 1.